The summed E-state index contributed by atoms with van der Waals surface area (Å²) in [4.78, 5) is 2.31. The van der Waals surface area contributed by atoms with Gasteiger partial charge in [-0.3, -0.25) is 0 Å². The molecule has 3 aromatic carbocycles. The SMILES string of the molecule is C=C1NCCN1CCNC(=C)C1(CCCc2ccccc2)c2ccccc2Cc2ccccc21. The van der Waals surface area contributed by atoms with Crippen LogP contribution in [0.2, 0.25) is 0 Å². The molecule has 2 aliphatic rings. The van der Waals surface area contributed by atoms with Crippen molar-refractivity contribution in [1.29, 1.82) is 0 Å². The molecule has 0 unspecified atom stereocenters. The van der Waals surface area contributed by atoms with Crippen LogP contribution in [0.15, 0.2) is 104 Å². The highest BCUT2D eigenvalue weighted by Gasteiger charge is 2.42. The average Bonchev–Trinajstić information content (AvgIpc) is 3.28. The second-order valence-electron chi connectivity index (χ2n) is 9.50. The molecule has 1 saturated heterocycles. The van der Waals surface area contributed by atoms with Crippen LogP contribution in [0, 0.1) is 0 Å². The molecule has 0 amide bonds. The fraction of sp³-hybridized carbons (Fsp3) is 0.290. The van der Waals surface area contributed by atoms with E-state index in [4.69, 9.17) is 0 Å². The molecule has 0 atom stereocenters. The Hall–Kier alpha value is -3.46. The van der Waals surface area contributed by atoms with Gasteiger partial charge < -0.3 is 15.5 Å². The summed E-state index contributed by atoms with van der Waals surface area (Å²) >= 11 is 0. The van der Waals surface area contributed by atoms with Gasteiger partial charge in [0, 0.05) is 31.9 Å². The molecule has 3 heteroatoms. The molecule has 0 bridgehead atoms. The van der Waals surface area contributed by atoms with Crippen LogP contribution in [0.1, 0.15) is 40.7 Å². The molecular formula is C31H35N3. The minimum absolute atomic E-state index is 0.236. The quantitative estimate of drug-likeness (QED) is 0.459. The molecule has 0 radical (unpaired) electrons. The van der Waals surface area contributed by atoms with Crippen molar-refractivity contribution < 1.29 is 0 Å². The summed E-state index contributed by atoms with van der Waals surface area (Å²) in [6, 6.07) is 28.8. The number of rotatable bonds is 9. The Labute approximate surface area is 204 Å². The molecule has 2 N–H and O–H groups in total. The van der Waals surface area contributed by atoms with Crippen molar-refractivity contribution in [3.63, 3.8) is 0 Å². The zero-order valence-corrected chi connectivity index (χ0v) is 20.0. The van der Waals surface area contributed by atoms with Gasteiger partial charge in [-0.2, -0.15) is 0 Å². The van der Waals surface area contributed by atoms with Gasteiger partial charge in [0.05, 0.1) is 11.2 Å². The van der Waals surface area contributed by atoms with Gasteiger partial charge in [0.1, 0.15) is 0 Å². The number of nitrogens with one attached hydrogen (secondary N) is 2. The first-order valence-corrected chi connectivity index (χ1v) is 12.5. The maximum absolute atomic E-state index is 4.69. The van der Waals surface area contributed by atoms with Crippen LogP contribution < -0.4 is 10.6 Å². The van der Waals surface area contributed by atoms with Crippen molar-refractivity contribution in [3.05, 3.63) is 131 Å². The van der Waals surface area contributed by atoms with E-state index in [9.17, 15) is 0 Å². The van der Waals surface area contributed by atoms with E-state index in [1.807, 2.05) is 0 Å². The molecule has 0 aromatic heterocycles. The number of nitrogens with zero attached hydrogens (tertiary/aromatic N) is 1. The van der Waals surface area contributed by atoms with E-state index >= 15 is 0 Å². The standard InChI is InChI=1S/C31H35N3/c1-24(32-19-21-34-22-20-33-25(34)2)31(18-10-13-26-11-4-3-5-12-26)29-16-8-6-14-27(29)23-28-15-7-9-17-30(28)31/h3-9,11-12,14-17,32-33H,1-2,10,13,18-23H2. The van der Waals surface area contributed by atoms with Crippen LogP contribution in [0.5, 0.6) is 0 Å². The zero-order valence-electron chi connectivity index (χ0n) is 20.0. The predicted octanol–water partition coefficient (Wildman–Crippen LogP) is 5.38. The molecule has 3 aromatic rings. The van der Waals surface area contributed by atoms with Gasteiger partial charge in [0.25, 0.3) is 0 Å². The monoisotopic (exact) mass is 449 g/mol. The zero-order chi connectivity index (χ0) is 23.4. The fourth-order valence-electron chi connectivity index (χ4n) is 5.80. The van der Waals surface area contributed by atoms with Crippen molar-refractivity contribution in [2.45, 2.75) is 31.1 Å². The summed E-state index contributed by atoms with van der Waals surface area (Å²) < 4.78 is 0. The van der Waals surface area contributed by atoms with Gasteiger partial charge in [0.2, 0.25) is 0 Å². The summed E-state index contributed by atoms with van der Waals surface area (Å²) in [5.41, 5.74) is 7.92. The highest BCUT2D eigenvalue weighted by Crippen LogP contribution is 2.48. The lowest BCUT2D eigenvalue weighted by atomic mass is 9.62. The third kappa shape index (κ3) is 4.23. The van der Waals surface area contributed by atoms with Gasteiger partial charge in [-0.25, -0.2) is 0 Å². The van der Waals surface area contributed by atoms with Crippen LogP contribution in [-0.4, -0.2) is 31.1 Å². The largest absolute Gasteiger partial charge is 0.386 e. The maximum Gasteiger partial charge on any atom is 0.0940 e. The molecule has 0 saturated carbocycles. The van der Waals surface area contributed by atoms with Gasteiger partial charge in [-0.15, -0.1) is 0 Å². The molecule has 3 nitrogen and oxygen atoms in total. The number of hydrogen-bond acceptors (Lipinski definition) is 3. The van der Waals surface area contributed by atoms with Crippen LogP contribution in [0.3, 0.4) is 0 Å². The highest BCUT2D eigenvalue weighted by molar-refractivity contribution is 5.58. The molecule has 34 heavy (non-hydrogen) atoms. The van der Waals surface area contributed by atoms with E-state index in [1.165, 1.54) is 27.8 Å². The highest BCUT2D eigenvalue weighted by atomic mass is 15.3. The number of allylic oxidation sites excluding steroid dienone is 1. The number of aryl methyl sites for hydroxylation is 1. The summed E-state index contributed by atoms with van der Waals surface area (Å²) in [6.45, 7) is 12.6. The van der Waals surface area contributed by atoms with E-state index < -0.39 is 0 Å². The number of hydrogen-bond donors (Lipinski definition) is 2. The Morgan fingerprint density at radius 3 is 2.21 bits per heavy atom. The third-order valence-corrected chi connectivity index (χ3v) is 7.52. The Kier molecular flexibility index (Phi) is 6.44. The molecule has 5 rings (SSSR count). The van der Waals surface area contributed by atoms with Gasteiger partial charge in [-0.1, -0.05) is 92.0 Å². The van der Waals surface area contributed by atoms with E-state index in [0.29, 0.717) is 0 Å². The number of fused-ring (bicyclic) bond motifs is 2. The molecule has 174 valence electrons. The summed E-state index contributed by atoms with van der Waals surface area (Å²) in [7, 11) is 0. The van der Waals surface area contributed by atoms with E-state index in [-0.39, 0.29) is 5.41 Å². The van der Waals surface area contributed by atoms with Gasteiger partial charge in [0.15, 0.2) is 0 Å². The smallest absolute Gasteiger partial charge is 0.0940 e. The van der Waals surface area contributed by atoms with Gasteiger partial charge in [-0.05, 0) is 53.5 Å². The lowest BCUT2D eigenvalue weighted by Crippen LogP contribution is -2.42. The van der Waals surface area contributed by atoms with Crippen molar-refractivity contribution in [2.75, 3.05) is 26.2 Å². The average molecular weight is 450 g/mol. The first kappa shape index (κ1) is 22.3. The van der Waals surface area contributed by atoms with Crippen molar-refractivity contribution >= 4 is 0 Å². The van der Waals surface area contributed by atoms with Crippen LogP contribution in [0.4, 0.5) is 0 Å². The number of benzene rings is 3. The second-order valence-corrected chi connectivity index (χ2v) is 9.50. The van der Waals surface area contributed by atoms with Crippen LogP contribution in [0.25, 0.3) is 0 Å². The molecule has 1 aliphatic carbocycles. The Bertz CT molecular complexity index is 1120. The minimum atomic E-state index is -0.236. The first-order chi connectivity index (χ1) is 16.7. The Morgan fingerprint density at radius 1 is 0.912 bits per heavy atom. The van der Waals surface area contributed by atoms with Gasteiger partial charge >= 0.3 is 0 Å². The summed E-state index contributed by atoms with van der Waals surface area (Å²) in [6.07, 6.45) is 4.18. The molecule has 1 fully saturated rings. The van der Waals surface area contributed by atoms with E-state index in [1.54, 1.807) is 0 Å². The second kappa shape index (κ2) is 9.80. The van der Waals surface area contributed by atoms with Crippen LogP contribution >= 0.6 is 0 Å². The first-order valence-electron chi connectivity index (χ1n) is 12.5. The van der Waals surface area contributed by atoms with E-state index in [2.05, 4.69) is 108 Å². The van der Waals surface area contributed by atoms with Crippen LogP contribution in [-0.2, 0) is 18.3 Å². The predicted molar refractivity (Wildman–Crippen MR) is 142 cm³/mol. The van der Waals surface area contributed by atoms with Crippen molar-refractivity contribution in [3.8, 4) is 0 Å². The Balaban J connectivity index is 1.46. The lowest BCUT2D eigenvalue weighted by molar-refractivity contribution is 0.386. The minimum Gasteiger partial charge on any atom is -0.386 e. The third-order valence-electron chi connectivity index (χ3n) is 7.52. The molecule has 1 aliphatic heterocycles. The lowest BCUT2D eigenvalue weighted by Gasteiger charge is -2.43. The Morgan fingerprint density at radius 2 is 1.56 bits per heavy atom. The normalized spacial score (nSPS) is 15.9. The maximum atomic E-state index is 4.69. The summed E-state index contributed by atoms with van der Waals surface area (Å²) in [5, 5.41) is 7.10. The van der Waals surface area contributed by atoms with Crippen molar-refractivity contribution in [1.82, 2.24) is 15.5 Å². The molecule has 1 heterocycles. The fourth-order valence-corrected chi connectivity index (χ4v) is 5.80. The molecular weight excluding hydrogens is 414 g/mol. The van der Waals surface area contributed by atoms with E-state index in [0.717, 1.165) is 63.4 Å². The summed E-state index contributed by atoms with van der Waals surface area (Å²) in [5.74, 6) is 1.03. The van der Waals surface area contributed by atoms with Crippen molar-refractivity contribution in [2.24, 2.45) is 0 Å². The molecule has 0 spiro atoms. The topological polar surface area (TPSA) is 27.3 Å².